The number of allylic oxidation sites excluding steroid dienone is 1. The summed E-state index contributed by atoms with van der Waals surface area (Å²) in [6, 6.07) is 8.20. The average molecular weight is 247 g/mol. The zero-order chi connectivity index (χ0) is 13.6. The Morgan fingerprint density at radius 1 is 1.22 bits per heavy atom. The van der Waals surface area contributed by atoms with Gasteiger partial charge in [-0.3, -0.25) is 0 Å². The highest BCUT2D eigenvalue weighted by atomic mass is 16.5. The first-order valence-corrected chi connectivity index (χ1v) is 6.48. The Balaban J connectivity index is 2.50. The van der Waals surface area contributed by atoms with Gasteiger partial charge in [-0.05, 0) is 63.9 Å². The van der Waals surface area contributed by atoms with Gasteiger partial charge in [0, 0.05) is 5.54 Å². The highest BCUT2D eigenvalue weighted by molar-refractivity contribution is 5.64. The summed E-state index contributed by atoms with van der Waals surface area (Å²) < 4.78 is 5.16. The maximum absolute atomic E-state index is 5.16. The zero-order valence-corrected chi connectivity index (χ0v) is 12.2. The second kappa shape index (κ2) is 6.60. The van der Waals surface area contributed by atoms with E-state index in [0.29, 0.717) is 0 Å². The van der Waals surface area contributed by atoms with Gasteiger partial charge >= 0.3 is 0 Å². The zero-order valence-electron chi connectivity index (χ0n) is 12.2. The van der Waals surface area contributed by atoms with Gasteiger partial charge in [0.05, 0.1) is 7.11 Å². The van der Waals surface area contributed by atoms with Crippen LogP contribution in [0.2, 0.25) is 0 Å². The molecule has 0 amide bonds. The lowest BCUT2D eigenvalue weighted by molar-refractivity contribution is 0.415. The van der Waals surface area contributed by atoms with Crippen molar-refractivity contribution >= 4 is 5.57 Å². The van der Waals surface area contributed by atoms with Crippen LogP contribution in [-0.2, 0) is 0 Å². The predicted molar refractivity (Wildman–Crippen MR) is 79.0 cm³/mol. The normalized spacial score (nSPS) is 12.6. The number of hydrogen-bond acceptors (Lipinski definition) is 2. The number of nitrogens with one attached hydrogen (secondary N) is 1. The molecule has 1 rings (SSSR count). The molecule has 1 aromatic rings. The fourth-order valence-corrected chi connectivity index (χ4v) is 1.71. The van der Waals surface area contributed by atoms with Gasteiger partial charge in [-0.2, -0.15) is 0 Å². The van der Waals surface area contributed by atoms with Crippen LogP contribution in [0, 0.1) is 0 Å². The summed E-state index contributed by atoms with van der Waals surface area (Å²) in [5.74, 6) is 0.904. The number of methoxy groups -OCH3 is 1. The largest absolute Gasteiger partial charge is 0.497 e. The standard InChI is InChI=1S/C16H25NO/c1-13(7-6-12-17-16(2,3)4)14-8-10-15(18-5)11-9-14/h7-11,17H,6,12H2,1-5H3. The Kier molecular flexibility index (Phi) is 5.42. The predicted octanol–water partition coefficient (Wildman–Crippen LogP) is 3.88. The first kappa shape index (κ1) is 14.8. The third kappa shape index (κ3) is 5.37. The van der Waals surface area contributed by atoms with Gasteiger partial charge < -0.3 is 10.1 Å². The molecule has 0 radical (unpaired) electrons. The van der Waals surface area contributed by atoms with Gasteiger partial charge in [0.15, 0.2) is 0 Å². The van der Waals surface area contributed by atoms with Crippen molar-refractivity contribution in [1.82, 2.24) is 5.32 Å². The second-order valence-electron chi connectivity index (χ2n) is 5.58. The molecule has 0 aliphatic carbocycles. The van der Waals surface area contributed by atoms with E-state index in [1.165, 1.54) is 11.1 Å². The highest BCUT2D eigenvalue weighted by Gasteiger charge is 2.06. The Morgan fingerprint density at radius 3 is 2.33 bits per heavy atom. The van der Waals surface area contributed by atoms with Crippen LogP contribution in [0.4, 0.5) is 0 Å². The molecule has 2 nitrogen and oxygen atoms in total. The summed E-state index contributed by atoms with van der Waals surface area (Å²) in [6.07, 6.45) is 3.33. The maximum Gasteiger partial charge on any atom is 0.118 e. The minimum absolute atomic E-state index is 0.196. The van der Waals surface area contributed by atoms with Crippen LogP contribution in [0.5, 0.6) is 5.75 Å². The maximum atomic E-state index is 5.16. The summed E-state index contributed by atoms with van der Waals surface area (Å²) in [5, 5.41) is 3.48. The molecule has 0 aliphatic heterocycles. The monoisotopic (exact) mass is 247 g/mol. The molecule has 0 heterocycles. The van der Waals surface area contributed by atoms with Crippen LogP contribution in [0.15, 0.2) is 30.3 Å². The van der Waals surface area contributed by atoms with Crippen molar-refractivity contribution in [2.75, 3.05) is 13.7 Å². The van der Waals surface area contributed by atoms with E-state index >= 15 is 0 Å². The first-order valence-electron chi connectivity index (χ1n) is 6.48. The molecule has 0 saturated heterocycles. The smallest absolute Gasteiger partial charge is 0.118 e. The van der Waals surface area contributed by atoms with E-state index in [-0.39, 0.29) is 5.54 Å². The summed E-state index contributed by atoms with van der Waals surface area (Å²) in [4.78, 5) is 0. The average Bonchev–Trinajstić information content (AvgIpc) is 2.33. The summed E-state index contributed by atoms with van der Waals surface area (Å²) >= 11 is 0. The Morgan fingerprint density at radius 2 is 1.83 bits per heavy atom. The van der Waals surface area contributed by atoms with Crippen molar-refractivity contribution in [3.05, 3.63) is 35.9 Å². The van der Waals surface area contributed by atoms with Crippen LogP contribution in [-0.4, -0.2) is 19.2 Å². The highest BCUT2D eigenvalue weighted by Crippen LogP contribution is 2.18. The van der Waals surface area contributed by atoms with E-state index in [2.05, 4.69) is 51.2 Å². The van der Waals surface area contributed by atoms with E-state index in [4.69, 9.17) is 4.74 Å². The number of hydrogen-bond donors (Lipinski definition) is 1. The van der Waals surface area contributed by atoms with Crippen LogP contribution >= 0.6 is 0 Å². The number of benzene rings is 1. The molecule has 18 heavy (non-hydrogen) atoms. The van der Waals surface area contributed by atoms with Crippen molar-refractivity contribution in [2.24, 2.45) is 0 Å². The molecule has 0 spiro atoms. The third-order valence-corrected chi connectivity index (χ3v) is 2.80. The molecule has 0 aliphatic rings. The fraction of sp³-hybridized carbons (Fsp3) is 0.500. The van der Waals surface area contributed by atoms with Crippen molar-refractivity contribution in [3.8, 4) is 5.75 Å². The molecular formula is C16H25NO. The Labute approximate surface area is 111 Å². The second-order valence-corrected chi connectivity index (χ2v) is 5.58. The molecule has 0 aromatic heterocycles. The van der Waals surface area contributed by atoms with E-state index in [9.17, 15) is 0 Å². The Bertz CT molecular complexity index is 385. The molecule has 1 aromatic carbocycles. The summed E-state index contributed by atoms with van der Waals surface area (Å²) in [7, 11) is 1.69. The molecular weight excluding hydrogens is 222 g/mol. The SMILES string of the molecule is COc1ccc(C(C)=CCCNC(C)(C)C)cc1. The van der Waals surface area contributed by atoms with Crippen LogP contribution in [0.3, 0.4) is 0 Å². The number of ether oxygens (including phenoxy) is 1. The van der Waals surface area contributed by atoms with E-state index in [0.717, 1.165) is 18.7 Å². The molecule has 0 unspecified atom stereocenters. The molecule has 100 valence electrons. The van der Waals surface area contributed by atoms with Gasteiger partial charge in [-0.25, -0.2) is 0 Å². The van der Waals surface area contributed by atoms with Crippen LogP contribution < -0.4 is 10.1 Å². The van der Waals surface area contributed by atoms with Crippen molar-refractivity contribution in [1.29, 1.82) is 0 Å². The molecule has 0 fully saturated rings. The van der Waals surface area contributed by atoms with Crippen LogP contribution in [0.1, 0.15) is 39.7 Å². The van der Waals surface area contributed by atoms with E-state index in [1.807, 2.05) is 12.1 Å². The molecule has 2 heteroatoms. The molecule has 0 saturated carbocycles. The molecule has 1 N–H and O–H groups in total. The Hall–Kier alpha value is -1.28. The fourth-order valence-electron chi connectivity index (χ4n) is 1.71. The van der Waals surface area contributed by atoms with E-state index < -0.39 is 0 Å². The van der Waals surface area contributed by atoms with E-state index in [1.54, 1.807) is 7.11 Å². The van der Waals surface area contributed by atoms with Crippen molar-refractivity contribution in [2.45, 2.75) is 39.7 Å². The van der Waals surface area contributed by atoms with Crippen molar-refractivity contribution < 1.29 is 4.74 Å². The van der Waals surface area contributed by atoms with Crippen molar-refractivity contribution in [3.63, 3.8) is 0 Å². The topological polar surface area (TPSA) is 21.3 Å². The van der Waals surface area contributed by atoms with Gasteiger partial charge in [0.25, 0.3) is 0 Å². The molecule has 0 atom stereocenters. The minimum Gasteiger partial charge on any atom is -0.497 e. The minimum atomic E-state index is 0.196. The van der Waals surface area contributed by atoms with Gasteiger partial charge in [0.2, 0.25) is 0 Å². The summed E-state index contributed by atoms with van der Waals surface area (Å²) in [5.41, 5.74) is 2.77. The first-order chi connectivity index (χ1) is 8.42. The lowest BCUT2D eigenvalue weighted by atomic mass is 10.1. The summed E-state index contributed by atoms with van der Waals surface area (Å²) in [6.45, 7) is 9.73. The van der Waals surface area contributed by atoms with Gasteiger partial charge in [0.1, 0.15) is 5.75 Å². The van der Waals surface area contributed by atoms with Gasteiger partial charge in [-0.1, -0.05) is 18.2 Å². The quantitative estimate of drug-likeness (QED) is 0.797. The lowest BCUT2D eigenvalue weighted by Gasteiger charge is -2.19. The van der Waals surface area contributed by atoms with Crippen LogP contribution in [0.25, 0.3) is 5.57 Å². The lowest BCUT2D eigenvalue weighted by Crippen LogP contribution is -2.36. The van der Waals surface area contributed by atoms with Gasteiger partial charge in [-0.15, -0.1) is 0 Å². The number of rotatable bonds is 5. The molecule has 0 bridgehead atoms. The third-order valence-electron chi connectivity index (χ3n) is 2.80.